The van der Waals surface area contributed by atoms with E-state index in [0.717, 1.165) is 11.4 Å². The van der Waals surface area contributed by atoms with Crippen molar-refractivity contribution >= 4 is 5.82 Å². The molecule has 0 spiro atoms. The van der Waals surface area contributed by atoms with Gasteiger partial charge in [0.25, 0.3) is 0 Å². The molecule has 0 aromatic carbocycles. The molecule has 0 bridgehead atoms. The topological polar surface area (TPSA) is 77.0 Å². The van der Waals surface area contributed by atoms with Crippen molar-refractivity contribution in [2.75, 3.05) is 12.3 Å². The lowest BCUT2D eigenvalue weighted by molar-refractivity contribution is 0.270. The van der Waals surface area contributed by atoms with Gasteiger partial charge in [-0.1, -0.05) is 6.07 Å². The molecule has 0 amide bonds. The van der Waals surface area contributed by atoms with Crippen molar-refractivity contribution in [2.24, 2.45) is 0 Å². The molecule has 15 heavy (non-hydrogen) atoms. The first kappa shape index (κ1) is 9.67. The van der Waals surface area contributed by atoms with Crippen LogP contribution in [0.15, 0.2) is 30.5 Å². The molecule has 2 aromatic heterocycles. The normalized spacial score (nSPS) is 10.5. The number of aliphatic hydroxyl groups excluding tert-OH is 1. The van der Waals surface area contributed by atoms with E-state index >= 15 is 0 Å². The summed E-state index contributed by atoms with van der Waals surface area (Å²) >= 11 is 0. The Balaban J connectivity index is 2.34. The molecule has 78 valence electrons. The van der Waals surface area contributed by atoms with Crippen molar-refractivity contribution < 1.29 is 5.11 Å². The first-order valence-electron chi connectivity index (χ1n) is 4.67. The summed E-state index contributed by atoms with van der Waals surface area (Å²) in [5, 5.41) is 13.0. The van der Waals surface area contributed by atoms with Crippen LogP contribution in [0.4, 0.5) is 5.82 Å². The van der Waals surface area contributed by atoms with Crippen LogP contribution in [0.1, 0.15) is 0 Å². The molecule has 5 heteroatoms. The summed E-state index contributed by atoms with van der Waals surface area (Å²) in [5.74, 6) is 0.532. The number of aliphatic hydroxyl groups is 1. The monoisotopic (exact) mass is 204 g/mol. The molecule has 0 aliphatic rings. The van der Waals surface area contributed by atoms with E-state index in [2.05, 4.69) is 10.1 Å². The van der Waals surface area contributed by atoms with Gasteiger partial charge in [-0.05, 0) is 12.1 Å². The minimum atomic E-state index is 0.0214. The molecular weight excluding hydrogens is 192 g/mol. The Morgan fingerprint density at radius 2 is 2.20 bits per heavy atom. The zero-order chi connectivity index (χ0) is 10.7. The predicted molar refractivity (Wildman–Crippen MR) is 57.0 cm³/mol. The van der Waals surface area contributed by atoms with Crippen LogP contribution in [0.5, 0.6) is 0 Å². The van der Waals surface area contributed by atoms with Gasteiger partial charge in [0, 0.05) is 12.3 Å². The highest BCUT2D eigenvalue weighted by Gasteiger charge is 2.06. The number of aromatic nitrogens is 3. The van der Waals surface area contributed by atoms with Gasteiger partial charge < -0.3 is 10.8 Å². The molecule has 0 aliphatic carbocycles. The molecule has 0 atom stereocenters. The summed E-state index contributed by atoms with van der Waals surface area (Å²) in [6.07, 6.45) is 1.70. The minimum absolute atomic E-state index is 0.0214. The second-order valence-corrected chi connectivity index (χ2v) is 3.12. The molecule has 0 fully saturated rings. The molecule has 5 nitrogen and oxygen atoms in total. The van der Waals surface area contributed by atoms with Crippen LogP contribution in [0.3, 0.4) is 0 Å². The van der Waals surface area contributed by atoms with E-state index in [4.69, 9.17) is 10.8 Å². The molecule has 3 N–H and O–H groups in total. The zero-order valence-electron chi connectivity index (χ0n) is 8.17. The Labute approximate surface area is 87.2 Å². The fraction of sp³-hybridized carbons (Fsp3) is 0.200. The molecular formula is C10H12N4O. The quantitative estimate of drug-likeness (QED) is 0.764. The van der Waals surface area contributed by atoms with Crippen LogP contribution in [-0.2, 0) is 6.54 Å². The first-order chi connectivity index (χ1) is 7.31. The van der Waals surface area contributed by atoms with Gasteiger partial charge in [0.15, 0.2) is 0 Å². The van der Waals surface area contributed by atoms with Crippen molar-refractivity contribution in [1.29, 1.82) is 0 Å². The van der Waals surface area contributed by atoms with Crippen molar-refractivity contribution in [3.05, 3.63) is 30.5 Å². The minimum Gasteiger partial charge on any atom is -0.394 e. The third kappa shape index (κ3) is 1.97. The fourth-order valence-electron chi connectivity index (χ4n) is 1.34. The Morgan fingerprint density at radius 1 is 1.33 bits per heavy atom. The number of nitrogens with two attached hydrogens (primary N) is 1. The van der Waals surface area contributed by atoms with Gasteiger partial charge >= 0.3 is 0 Å². The molecule has 0 aliphatic heterocycles. The summed E-state index contributed by atoms with van der Waals surface area (Å²) in [7, 11) is 0. The summed E-state index contributed by atoms with van der Waals surface area (Å²) in [6.45, 7) is 0.423. The van der Waals surface area contributed by atoms with Gasteiger partial charge in [-0.2, -0.15) is 5.10 Å². The Hall–Kier alpha value is -1.88. The van der Waals surface area contributed by atoms with Gasteiger partial charge in [0.1, 0.15) is 11.5 Å². The standard InChI is InChI=1S/C10H12N4O/c11-10-7-9(13-14(10)5-6-15)8-3-1-2-4-12-8/h1-4,7,15H,5-6,11H2. The molecule has 2 heterocycles. The van der Waals surface area contributed by atoms with Crippen LogP contribution in [0, 0.1) is 0 Å². The van der Waals surface area contributed by atoms with Crippen LogP contribution in [0.2, 0.25) is 0 Å². The summed E-state index contributed by atoms with van der Waals surface area (Å²) in [5.41, 5.74) is 7.23. The molecule has 2 rings (SSSR count). The third-order valence-corrected chi connectivity index (χ3v) is 2.05. The number of hydrogen-bond acceptors (Lipinski definition) is 4. The summed E-state index contributed by atoms with van der Waals surface area (Å²) < 4.78 is 1.56. The highest BCUT2D eigenvalue weighted by atomic mass is 16.3. The Bertz CT molecular complexity index is 438. The van der Waals surface area contributed by atoms with E-state index in [1.807, 2.05) is 18.2 Å². The van der Waals surface area contributed by atoms with Gasteiger partial charge in [0.2, 0.25) is 0 Å². The van der Waals surface area contributed by atoms with Crippen molar-refractivity contribution in [1.82, 2.24) is 14.8 Å². The van der Waals surface area contributed by atoms with E-state index < -0.39 is 0 Å². The maximum atomic E-state index is 8.79. The predicted octanol–water partition coefficient (Wildman–Crippen LogP) is 0.520. The average molecular weight is 204 g/mol. The fourth-order valence-corrected chi connectivity index (χ4v) is 1.34. The molecule has 0 unspecified atom stereocenters. The number of nitrogen functional groups attached to an aromatic ring is 1. The van der Waals surface area contributed by atoms with Gasteiger partial charge in [-0.3, -0.25) is 4.98 Å². The molecule has 0 saturated heterocycles. The lowest BCUT2D eigenvalue weighted by Crippen LogP contribution is -2.07. The third-order valence-electron chi connectivity index (χ3n) is 2.05. The zero-order valence-corrected chi connectivity index (χ0v) is 8.17. The number of nitrogens with zero attached hydrogens (tertiary/aromatic N) is 3. The van der Waals surface area contributed by atoms with Gasteiger partial charge in [-0.25, -0.2) is 4.68 Å². The SMILES string of the molecule is Nc1cc(-c2ccccn2)nn1CCO. The molecule has 0 saturated carbocycles. The van der Waals surface area contributed by atoms with E-state index in [9.17, 15) is 0 Å². The number of anilines is 1. The summed E-state index contributed by atoms with van der Waals surface area (Å²) in [6, 6.07) is 7.35. The molecule has 0 radical (unpaired) electrons. The van der Waals surface area contributed by atoms with E-state index in [-0.39, 0.29) is 6.61 Å². The Morgan fingerprint density at radius 3 is 2.87 bits per heavy atom. The maximum absolute atomic E-state index is 8.79. The van der Waals surface area contributed by atoms with Crippen molar-refractivity contribution in [2.45, 2.75) is 6.54 Å². The molecule has 2 aromatic rings. The van der Waals surface area contributed by atoms with E-state index in [1.165, 1.54) is 0 Å². The lowest BCUT2D eigenvalue weighted by atomic mass is 10.3. The van der Waals surface area contributed by atoms with Gasteiger partial charge in [-0.15, -0.1) is 0 Å². The number of hydrogen-bond donors (Lipinski definition) is 2. The highest BCUT2D eigenvalue weighted by Crippen LogP contribution is 2.17. The van der Waals surface area contributed by atoms with Crippen molar-refractivity contribution in [3.63, 3.8) is 0 Å². The second kappa shape index (κ2) is 4.10. The summed E-state index contributed by atoms with van der Waals surface area (Å²) in [4.78, 5) is 4.17. The highest BCUT2D eigenvalue weighted by molar-refractivity contribution is 5.57. The smallest absolute Gasteiger partial charge is 0.122 e. The van der Waals surface area contributed by atoms with Crippen LogP contribution >= 0.6 is 0 Å². The maximum Gasteiger partial charge on any atom is 0.122 e. The van der Waals surface area contributed by atoms with Crippen LogP contribution < -0.4 is 5.73 Å². The number of pyridine rings is 1. The van der Waals surface area contributed by atoms with Crippen LogP contribution in [-0.4, -0.2) is 26.5 Å². The Kier molecular flexibility index (Phi) is 2.64. The average Bonchev–Trinajstić information content (AvgIpc) is 2.63. The number of rotatable bonds is 3. The van der Waals surface area contributed by atoms with E-state index in [0.29, 0.717) is 12.4 Å². The largest absolute Gasteiger partial charge is 0.394 e. The lowest BCUT2D eigenvalue weighted by Gasteiger charge is -1.98. The van der Waals surface area contributed by atoms with Crippen LogP contribution in [0.25, 0.3) is 11.4 Å². The second-order valence-electron chi connectivity index (χ2n) is 3.12. The van der Waals surface area contributed by atoms with Gasteiger partial charge in [0.05, 0.1) is 18.8 Å². The van der Waals surface area contributed by atoms with Crippen molar-refractivity contribution in [3.8, 4) is 11.4 Å². The van der Waals surface area contributed by atoms with E-state index in [1.54, 1.807) is 16.9 Å². The first-order valence-corrected chi connectivity index (χ1v) is 4.67.